The zero-order valence-corrected chi connectivity index (χ0v) is 23.9. The van der Waals surface area contributed by atoms with E-state index in [2.05, 4.69) is 161 Å². The van der Waals surface area contributed by atoms with Crippen molar-refractivity contribution in [1.29, 1.82) is 0 Å². The highest BCUT2D eigenvalue weighted by atomic mass is 15.0. The second kappa shape index (κ2) is 8.82. The summed E-state index contributed by atoms with van der Waals surface area (Å²) in [6, 6.07) is 55.4. The molecule has 0 bridgehead atoms. The van der Waals surface area contributed by atoms with Crippen LogP contribution in [0, 0.1) is 0 Å². The molecule has 8 aromatic carbocycles. The zero-order chi connectivity index (χ0) is 28.8. The fourth-order valence-corrected chi connectivity index (χ4v) is 7.53. The van der Waals surface area contributed by atoms with Gasteiger partial charge in [-0.25, -0.2) is 0 Å². The number of hydrogen-bond acceptors (Lipinski definition) is 0. The van der Waals surface area contributed by atoms with E-state index in [4.69, 9.17) is 0 Å². The predicted octanol–water partition coefficient (Wildman–Crippen LogP) is 11.5. The van der Waals surface area contributed by atoms with E-state index in [0.29, 0.717) is 0 Å². The monoisotopic (exact) mass is 558 g/mol. The van der Waals surface area contributed by atoms with Gasteiger partial charge < -0.3 is 9.55 Å². The Balaban J connectivity index is 1.18. The zero-order valence-electron chi connectivity index (χ0n) is 23.9. The second-order valence-corrected chi connectivity index (χ2v) is 11.8. The van der Waals surface area contributed by atoms with Crippen LogP contribution < -0.4 is 0 Å². The molecule has 0 saturated heterocycles. The fraction of sp³-hybridized carbons (Fsp3) is 0. The Hall–Kier alpha value is -5.86. The van der Waals surface area contributed by atoms with Crippen molar-refractivity contribution >= 4 is 75.9 Å². The van der Waals surface area contributed by atoms with Crippen molar-refractivity contribution in [2.45, 2.75) is 0 Å². The van der Waals surface area contributed by atoms with Crippen molar-refractivity contribution < 1.29 is 0 Å². The molecule has 0 spiro atoms. The van der Waals surface area contributed by atoms with E-state index in [0.717, 1.165) is 5.69 Å². The first-order chi connectivity index (χ1) is 21.8. The molecular weight excluding hydrogens is 532 g/mol. The number of H-pyrrole nitrogens is 1. The Morgan fingerprint density at radius 2 is 0.886 bits per heavy atom. The van der Waals surface area contributed by atoms with Crippen LogP contribution in [-0.4, -0.2) is 9.55 Å². The van der Waals surface area contributed by atoms with E-state index in [9.17, 15) is 0 Å². The third-order valence-corrected chi connectivity index (χ3v) is 9.52. The molecule has 0 aliphatic heterocycles. The number of rotatable bonds is 2. The standard InChI is InChI=1S/C42H26N2/c1-2-11-31-29(9-1)30-10-3-4-12-32(30)38-25-27(19-22-33(31)38)26-17-20-28(21-18-26)44-40-16-8-6-14-35(40)37-24-23-36-34-13-5-7-15-39(34)43-41(36)42(37)44/h1-25,43H. The van der Waals surface area contributed by atoms with Crippen molar-refractivity contribution in [3.05, 3.63) is 152 Å². The smallest absolute Gasteiger partial charge is 0.0783 e. The minimum absolute atomic E-state index is 1.16. The normalized spacial score (nSPS) is 12.1. The number of nitrogens with one attached hydrogen (secondary N) is 1. The number of hydrogen-bond donors (Lipinski definition) is 1. The predicted molar refractivity (Wildman–Crippen MR) is 188 cm³/mol. The topological polar surface area (TPSA) is 20.7 Å². The minimum Gasteiger partial charge on any atom is -0.353 e. The first-order valence-electron chi connectivity index (χ1n) is 15.2. The molecule has 204 valence electrons. The summed E-state index contributed by atoms with van der Waals surface area (Å²) in [5.41, 5.74) is 8.37. The van der Waals surface area contributed by atoms with E-state index in [1.165, 1.54) is 87.1 Å². The molecule has 0 fully saturated rings. The molecule has 2 aromatic heterocycles. The molecule has 0 amide bonds. The van der Waals surface area contributed by atoms with Gasteiger partial charge in [0.2, 0.25) is 0 Å². The van der Waals surface area contributed by atoms with Gasteiger partial charge in [0.25, 0.3) is 0 Å². The Labute approximate surface area is 253 Å². The number of nitrogens with zero attached hydrogens (tertiary/aromatic N) is 1. The summed E-state index contributed by atoms with van der Waals surface area (Å²) in [6.45, 7) is 0. The number of aromatic amines is 1. The summed E-state index contributed by atoms with van der Waals surface area (Å²) in [5, 5.41) is 12.8. The lowest BCUT2D eigenvalue weighted by atomic mass is 9.92. The minimum atomic E-state index is 1.16. The molecule has 0 unspecified atom stereocenters. The van der Waals surface area contributed by atoms with Crippen LogP contribution in [0.4, 0.5) is 0 Å². The van der Waals surface area contributed by atoms with Gasteiger partial charge in [-0.1, -0.05) is 121 Å². The average molecular weight is 559 g/mol. The number of fused-ring (bicyclic) bond motifs is 13. The van der Waals surface area contributed by atoms with Gasteiger partial charge in [0.15, 0.2) is 0 Å². The molecule has 0 radical (unpaired) electrons. The van der Waals surface area contributed by atoms with Crippen molar-refractivity contribution in [2.24, 2.45) is 0 Å². The maximum atomic E-state index is 3.75. The summed E-state index contributed by atoms with van der Waals surface area (Å²) in [6.07, 6.45) is 0. The third kappa shape index (κ3) is 3.20. The second-order valence-electron chi connectivity index (χ2n) is 11.8. The summed E-state index contributed by atoms with van der Waals surface area (Å²) < 4.78 is 2.42. The van der Waals surface area contributed by atoms with E-state index in [-0.39, 0.29) is 0 Å². The summed E-state index contributed by atoms with van der Waals surface area (Å²) in [4.78, 5) is 3.75. The molecule has 0 atom stereocenters. The molecule has 0 aliphatic rings. The van der Waals surface area contributed by atoms with Crippen molar-refractivity contribution in [3.63, 3.8) is 0 Å². The van der Waals surface area contributed by atoms with Gasteiger partial charge in [-0.3, -0.25) is 0 Å². The van der Waals surface area contributed by atoms with E-state index in [1.807, 2.05) is 0 Å². The van der Waals surface area contributed by atoms with Crippen LogP contribution >= 0.6 is 0 Å². The Bertz CT molecular complexity index is 2720. The van der Waals surface area contributed by atoms with Crippen LogP contribution in [0.3, 0.4) is 0 Å². The first kappa shape index (κ1) is 23.7. The number of aromatic nitrogens is 2. The van der Waals surface area contributed by atoms with Crippen molar-refractivity contribution in [2.75, 3.05) is 0 Å². The van der Waals surface area contributed by atoms with Crippen LogP contribution in [-0.2, 0) is 0 Å². The molecule has 1 N–H and O–H groups in total. The van der Waals surface area contributed by atoms with Gasteiger partial charge in [0, 0.05) is 32.7 Å². The molecule has 10 rings (SSSR count). The van der Waals surface area contributed by atoms with Crippen LogP contribution in [0.2, 0.25) is 0 Å². The summed E-state index contributed by atoms with van der Waals surface area (Å²) in [7, 11) is 0. The van der Waals surface area contributed by atoms with Gasteiger partial charge in [0.05, 0.1) is 16.6 Å². The molecule has 2 heterocycles. The molecular formula is C42H26N2. The Morgan fingerprint density at radius 1 is 0.364 bits per heavy atom. The quantitative estimate of drug-likeness (QED) is 0.204. The van der Waals surface area contributed by atoms with Gasteiger partial charge in [-0.15, -0.1) is 0 Å². The van der Waals surface area contributed by atoms with E-state index in [1.54, 1.807) is 0 Å². The highest BCUT2D eigenvalue weighted by Crippen LogP contribution is 2.40. The molecule has 0 aliphatic carbocycles. The largest absolute Gasteiger partial charge is 0.353 e. The Kier molecular flexibility index (Phi) is 4.75. The molecule has 2 nitrogen and oxygen atoms in total. The highest BCUT2D eigenvalue weighted by molar-refractivity contribution is 6.26. The fourth-order valence-electron chi connectivity index (χ4n) is 7.53. The lowest BCUT2D eigenvalue weighted by Crippen LogP contribution is -1.94. The molecule has 2 heteroatoms. The van der Waals surface area contributed by atoms with E-state index >= 15 is 0 Å². The molecule has 44 heavy (non-hydrogen) atoms. The van der Waals surface area contributed by atoms with Crippen LogP contribution in [0.25, 0.3) is 92.7 Å². The van der Waals surface area contributed by atoms with E-state index < -0.39 is 0 Å². The van der Waals surface area contributed by atoms with Gasteiger partial charge >= 0.3 is 0 Å². The number of para-hydroxylation sites is 2. The maximum Gasteiger partial charge on any atom is 0.0783 e. The SMILES string of the molecule is c1ccc2c(c1)[nH]c1c2ccc2c3ccccc3n(-c3ccc(-c4ccc5c6ccccc6c6ccccc6c5c4)cc3)c21. The van der Waals surface area contributed by atoms with Crippen LogP contribution in [0.5, 0.6) is 0 Å². The van der Waals surface area contributed by atoms with Gasteiger partial charge in [-0.2, -0.15) is 0 Å². The maximum absolute atomic E-state index is 3.75. The lowest BCUT2D eigenvalue weighted by Gasteiger charge is -2.13. The lowest BCUT2D eigenvalue weighted by molar-refractivity contribution is 1.18. The third-order valence-electron chi connectivity index (χ3n) is 9.52. The van der Waals surface area contributed by atoms with Crippen molar-refractivity contribution in [3.8, 4) is 16.8 Å². The summed E-state index contributed by atoms with van der Waals surface area (Å²) >= 11 is 0. The first-order valence-corrected chi connectivity index (χ1v) is 15.2. The van der Waals surface area contributed by atoms with Gasteiger partial charge in [0.1, 0.15) is 0 Å². The Morgan fingerprint density at radius 3 is 1.61 bits per heavy atom. The average Bonchev–Trinajstić information content (AvgIpc) is 3.64. The molecule has 10 aromatic rings. The molecule has 0 saturated carbocycles. The van der Waals surface area contributed by atoms with Gasteiger partial charge in [-0.05, 0) is 73.8 Å². The number of benzene rings is 8. The highest BCUT2D eigenvalue weighted by Gasteiger charge is 2.17. The summed E-state index contributed by atoms with van der Waals surface area (Å²) in [5.74, 6) is 0. The van der Waals surface area contributed by atoms with Crippen LogP contribution in [0.1, 0.15) is 0 Å². The van der Waals surface area contributed by atoms with Crippen molar-refractivity contribution in [1.82, 2.24) is 9.55 Å². The van der Waals surface area contributed by atoms with Crippen LogP contribution in [0.15, 0.2) is 152 Å².